The minimum absolute atomic E-state index is 0.354. The lowest BCUT2D eigenvalue weighted by Crippen LogP contribution is -2.56. The Labute approximate surface area is 93.9 Å². The number of halogens is 7. The molecule has 1 aromatic rings. The first-order valence-electron chi connectivity index (χ1n) is 3.92. The van der Waals surface area contributed by atoms with Gasteiger partial charge >= 0.3 is 18.0 Å². The van der Waals surface area contributed by atoms with Crippen LogP contribution >= 0.6 is 11.3 Å². The minimum atomic E-state index is -6.50. The Morgan fingerprint density at radius 2 is 1.59 bits per heavy atom. The number of thiophene rings is 1. The third kappa shape index (κ3) is 2.15. The maximum Gasteiger partial charge on any atom is 0.460 e. The number of hydrogen-bond donors (Lipinski definition) is 0. The zero-order chi connectivity index (χ0) is 13.5. The maximum atomic E-state index is 12.8. The minimum Gasteiger partial charge on any atom is -0.286 e. The molecule has 1 nitrogen and oxygen atoms in total. The fourth-order valence-corrected chi connectivity index (χ4v) is 1.58. The predicted octanol–water partition coefficient (Wildman–Crippen LogP) is 3.76. The summed E-state index contributed by atoms with van der Waals surface area (Å²) in [6.45, 7) is 0. The first-order valence-corrected chi connectivity index (χ1v) is 4.80. The molecule has 1 rings (SSSR count). The van der Waals surface area contributed by atoms with Gasteiger partial charge in [-0.3, -0.25) is 4.79 Å². The lowest BCUT2D eigenvalue weighted by atomic mass is 10.1. The zero-order valence-electron chi connectivity index (χ0n) is 7.69. The summed E-state index contributed by atoms with van der Waals surface area (Å²) < 4.78 is 85.9. The van der Waals surface area contributed by atoms with E-state index in [1.54, 1.807) is 0 Å². The fraction of sp³-hybridized carbons (Fsp3) is 0.375. The van der Waals surface area contributed by atoms with Crippen molar-refractivity contribution >= 4 is 17.1 Å². The maximum absolute atomic E-state index is 12.8. The van der Waals surface area contributed by atoms with Gasteiger partial charge in [0.05, 0.1) is 4.88 Å². The van der Waals surface area contributed by atoms with Gasteiger partial charge in [0.25, 0.3) is 0 Å². The summed E-state index contributed by atoms with van der Waals surface area (Å²) in [6.07, 6.45) is -6.50. The van der Waals surface area contributed by atoms with Gasteiger partial charge in [-0.25, -0.2) is 0 Å². The molecule has 0 radical (unpaired) electrons. The van der Waals surface area contributed by atoms with E-state index in [0.29, 0.717) is 11.3 Å². The quantitative estimate of drug-likeness (QED) is 0.608. The summed E-state index contributed by atoms with van der Waals surface area (Å²) in [5.74, 6) is -14.8. The molecule has 0 fully saturated rings. The Kier molecular flexibility index (Phi) is 3.25. The highest BCUT2D eigenvalue weighted by Gasteiger charge is 2.76. The number of carbonyl (C=O) groups is 1. The summed E-state index contributed by atoms with van der Waals surface area (Å²) in [4.78, 5) is 10.0. The molecule has 0 bridgehead atoms. The molecule has 0 amide bonds. The van der Waals surface area contributed by atoms with Gasteiger partial charge < -0.3 is 0 Å². The van der Waals surface area contributed by atoms with Crippen LogP contribution in [0.3, 0.4) is 0 Å². The Bertz CT molecular complexity index is 406. The van der Waals surface area contributed by atoms with Crippen LogP contribution in [0.5, 0.6) is 0 Å². The lowest BCUT2D eigenvalue weighted by molar-refractivity contribution is -0.339. The van der Waals surface area contributed by atoms with Crippen LogP contribution in [0, 0.1) is 0 Å². The highest BCUT2D eigenvalue weighted by molar-refractivity contribution is 7.12. The van der Waals surface area contributed by atoms with Gasteiger partial charge in [0.1, 0.15) is 0 Å². The topological polar surface area (TPSA) is 17.1 Å². The standard InChI is InChI=1S/C8H3F7OS/c9-6(10,7(11,12)8(13,14)15)5(16)4-2-1-3-17-4/h1-3H. The van der Waals surface area contributed by atoms with Crippen LogP contribution in [0.2, 0.25) is 0 Å². The molecular formula is C8H3F7OS. The summed E-state index contributed by atoms with van der Waals surface area (Å²) in [6, 6.07) is 1.83. The molecule has 17 heavy (non-hydrogen) atoms. The monoisotopic (exact) mass is 280 g/mol. The van der Waals surface area contributed by atoms with Crippen LogP contribution < -0.4 is 0 Å². The smallest absolute Gasteiger partial charge is 0.286 e. The molecule has 1 heterocycles. The molecular weight excluding hydrogens is 277 g/mol. The van der Waals surface area contributed by atoms with Gasteiger partial charge in [0, 0.05) is 0 Å². The van der Waals surface area contributed by atoms with E-state index in [0.717, 1.165) is 17.5 Å². The van der Waals surface area contributed by atoms with E-state index in [1.165, 1.54) is 0 Å². The molecule has 0 aliphatic heterocycles. The molecule has 0 N–H and O–H groups in total. The van der Waals surface area contributed by atoms with Crippen molar-refractivity contribution in [2.45, 2.75) is 18.0 Å². The van der Waals surface area contributed by atoms with Crippen LogP contribution in [-0.2, 0) is 0 Å². The normalized spacial score (nSPS) is 13.8. The molecule has 1 aromatic heterocycles. The molecule has 9 heteroatoms. The fourth-order valence-electron chi connectivity index (χ4n) is 0.883. The molecule has 0 aliphatic carbocycles. The van der Waals surface area contributed by atoms with Crippen LogP contribution in [0.15, 0.2) is 17.5 Å². The summed E-state index contributed by atoms with van der Waals surface area (Å²) in [5, 5.41) is 1.11. The Hall–Kier alpha value is -1.12. The van der Waals surface area contributed by atoms with Crippen molar-refractivity contribution in [3.8, 4) is 0 Å². The third-order valence-corrected chi connectivity index (χ3v) is 2.65. The first-order chi connectivity index (χ1) is 7.52. The Morgan fingerprint density at radius 3 is 1.94 bits per heavy atom. The zero-order valence-corrected chi connectivity index (χ0v) is 8.51. The van der Waals surface area contributed by atoms with Gasteiger partial charge in [-0.2, -0.15) is 30.7 Å². The molecule has 96 valence electrons. The molecule has 0 unspecified atom stereocenters. The van der Waals surface area contributed by atoms with E-state index >= 15 is 0 Å². The molecule has 0 aliphatic rings. The Morgan fingerprint density at radius 1 is 1.06 bits per heavy atom. The summed E-state index contributed by atoms with van der Waals surface area (Å²) in [5.41, 5.74) is 0. The highest BCUT2D eigenvalue weighted by atomic mass is 32.1. The van der Waals surface area contributed by atoms with Crippen molar-refractivity contribution in [3.05, 3.63) is 22.4 Å². The van der Waals surface area contributed by atoms with Crippen molar-refractivity contribution in [2.24, 2.45) is 0 Å². The predicted molar refractivity (Wildman–Crippen MR) is 44.6 cm³/mol. The summed E-state index contributed by atoms with van der Waals surface area (Å²) >= 11 is 0.354. The van der Waals surface area contributed by atoms with E-state index in [2.05, 4.69) is 0 Å². The number of alkyl halides is 7. The third-order valence-electron chi connectivity index (χ3n) is 1.78. The van der Waals surface area contributed by atoms with E-state index < -0.39 is 28.7 Å². The number of rotatable bonds is 3. The second kappa shape index (κ2) is 3.97. The van der Waals surface area contributed by atoms with Gasteiger partial charge in [0.15, 0.2) is 0 Å². The number of hydrogen-bond acceptors (Lipinski definition) is 2. The SMILES string of the molecule is O=C(c1cccs1)C(F)(F)C(F)(F)C(F)(F)F. The van der Waals surface area contributed by atoms with Crippen molar-refractivity contribution in [2.75, 3.05) is 0 Å². The van der Waals surface area contributed by atoms with E-state index in [1.807, 2.05) is 0 Å². The van der Waals surface area contributed by atoms with E-state index in [9.17, 15) is 35.5 Å². The van der Waals surface area contributed by atoms with Crippen molar-refractivity contribution < 1.29 is 35.5 Å². The van der Waals surface area contributed by atoms with Gasteiger partial charge in [-0.05, 0) is 11.4 Å². The van der Waals surface area contributed by atoms with E-state index in [4.69, 9.17) is 0 Å². The van der Waals surface area contributed by atoms with Crippen LogP contribution in [0.1, 0.15) is 9.67 Å². The van der Waals surface area contributed by atoms with Crippen molar-refractivity contribution in [1.29, 1.82) is 0 Å². The molecule has 0 aromatic carbocycles. The van der Waals surface area contributed by atoms with E-state index in [-0.39, 0.29) is 0 Å². The highest BCUT2D eigenvalue weighted by Crippen LogP contribution is 2.48. The van der Waals surface area contributed by atoms with Gasteiger partial charge in [-0.15, -0.1) is 11.3 Å². The second-order valence-electron chi connectivity index (χ2n) is 2.95. The average Bonchev–Trinajstić information content (AvgIpc) is 2.66. The number of ketones is 1. The first kappa shape index (κ1) is 13.9. The number of Topliss-reactive ketones (excluding diaryl/α,β-unsaturated/α-hetero) is 1. The van der Waals surface area contributed by atoms with Crippen molar-refractivity contribution in [3.63, 3.8) is 0 Å². The number of carbonyl (C=O) groups excluding carboxylic acids is 1. The average molecular weight is 280 g/mol. The van der Waals surface area contributed by atoms with Gasteiger partial charge in [-0.1, -0.05) is 6.07 Å². The lowest BCUT2D eigenvalue weighted by Gasteiger charge is -2.26. The van der Waals surface area contributed by atoms with Gasteiger partial charge in [0.2, 0.25) is 5.78 Å². The molecule has 0 saturated heterocycles. The Balaban J connectivity index is 3.16. The van der Waals surface area contributed by atoms with Crippen LogP contribution in [-0.4, -0.2) is 23.8 Å². The summed E-state index contributed by atoms with van der Waals surface area (Å²) in [7, 11) is 0. The molecule has 0 atom stereocenters. The molecule has 0 spiro atoms. The van der Waals surface area contributed by atoms with Crippen molar-refractivity contribution in [1.82, 2.24) is 0 Å². The molecule has 0 saturated carbocycles. The van der Waals surface area contributed by atoms with Crippen LogP contribution in [0.4, 0.5) is 30.7 Å². The second-order valence-corrected chi connectivity index (χ2v) is 3.90. The van der Waals surface area contributed by atoms with Crippen LogP contribution in [0.25, 0.3) is 0 Å². The largest absolute Gasteiger partial charge is 0.460 e.